The number of hydrogen-bond donors (Lipinski definition) is 1. The molecular formula is C24H32N2O5S. The number of carbonyl (C=O) groups excluding carboxylic acids is 1. The molecule has 1 atom stereocenters. The minimum atomic E-state index is -3.43. The first-order chi connectivity index (χ1) is 15.3. The molecule has 32 heavy (non-hydrogen) atoms. The summed E-state index contributed by atoms with van der Waals surface area (Å²) in [6, 6.07) is 14.1. The SMILES string of the molecule is CC(C)c1ccccc1O[C@H](C)C(=O)NCCOc1ccc(S(=O)(=O)N2CCCC2)cc1. The molecule has 1 fully saturated rings. The zero-order valence-electron chi connectivity index (χ0n) is 18.9. The predicted molar refractivity (Wildman–Crippen MR) is 124 cm³/mol. The largest absolute Gasteiger partial charge is 0.492 e. The number of sulfonamides is 1. The third kappa shape index (κ3) is 6.01. The molecule has 0 radical (unpaired) electrons. The lowest BCUT2D eigenvalue weighted by atomic mass is 10.0. The zero-order chi connectivity index (χ0) is 23.1. The van der Waals surface area contributed by atoms with Crippen molar-refractivity contribution < 1.29 is 22.7 Å². The van der Waals surface area contributed by atoms with E-state index < -0.39 is 16.1 Å². The van der Waals surface area contributed by atoms with E-state index in [0.717, 1.165) is 18.4 Å². The summed E-state index contributed by atoms with van der Waals surface area (Å²) in [7, 11) is -3.43. The Bertz CT molecular complexity index is 999. The average molecular weight is 461 g/mol. The fourth-order valence-corrected chi connectivity index (χ4v) is 5.10. The number of nitrogens with one attached hydrogen (secondary N) is 1. The molecule has 0 saturated carbocycles. The summed E-state index contributed by atoms with van der Waals surface area (Å²) >= 11 is 0. The van der Waals surface area contributed by atoms with E-state index in [4.69, 9.17) is 9.47 Å². The number of para-hydroxylation sites is 1. The Kier molecular flexibility index (Phi) is 8.15. The van der Waals surface area contributed by atoms with Gasteiger partial charge in [0.15, 0.2) is 6.10 Å². The van der Waals surface area contributed by atoms with Gasteiger partial charge < -0.3 is 14.8 Å². The van der Waals surface area contributed by atoms with Crippen LogP contribution in [0.4, 0.5) is 0 Å². The second-order valence-electron chi connectivity index (χ2n) is 8.17. The number of amides is 1. The van der Waals surface area contributed by atoms with Gasteiger partial charge in [0.2, 0.25) is 10.0 Å². The molecule has 2 aromatic rings. The lowest BCUT2D eigenvalue weighted by Crippen LogP contribution is -2.38. The van der Waals surface area contributed by atoms with Gasteiger partial charge in [0.25, 0.3) is 5.91 Å². The Labute approximate surface area is 190 Å². The first kappa shape index (κ1) is 24.1. The van der Waals surface area contributed by atoms with Crippen molar-refractivity contribution in [1.82, 2.24) is 9.62 Å². The van der Waals surface area contributed by atoms with Crippen molar-refractivity contribution in [2.45, 2.75) is 50.5 Å². The number of hydrogen-bond acceptors (Lipinski definition) is 5. The van der Waals surface area contributed by atoms with Crippen LogP contribution < -0.4 is 14.8 Å². The molecule has 8 heteroatoms. The lowest BCUT2D eigenvalue weighted by molar-refractivity contribution is -0.127. The van der Waals surface area contributed by atoms with Crippen molar-refractivity contribution in [3.05, 3.63) is 54.1 Å². The van der Waals surface area contributed by atoms with Crippen LogP contribution in [0.15, 0.2) is 53.4 Å². The van der Waals surface area contributed by atoms with Gasteiger partial charge >= 0.3 is 0 Å². The van der Waals surface area contributed by atoms with Crippen LogP contribution in [-0.2, 0) is 14.8 Å². The van der Waals surface area contributed by atoms with Crippen molar-refractivity contribution >= 4 is 15.9 Å². The molecule has 1 amide bonds. The summed E-state index contributed by atoms with van der Waals surface area (Å²) in [5, 5.41) is 2.80. The van der Waals surface area contributed by atoms with Gasteiger partial charge in [0.1, 0.15) is 18.1 Å². The Morgan fingerprint density at radius 1 is 1.03 bits per heavy atom. The van der Waals surface area contributed by atoms with Crippen molar-refractivity contribution in [3.8, 4) is 11.5 Å². The maximum Gasteiger partial charge on any atom is 0.260 e. The molecular weight excluding hydrogens is 428 g/mol. The van der Waals surface area contributed by atoms with E-state index in [-0.39, 0.29) is 17.4 Å². The topological polar surface area (TPSA) is 84.9 Å². The minimum absolute atomic E-state index is 0.223. The van der Waals surface area contributed by atoms with Crippen molar-refractivity contribution in [2.24, 2.45) is 0 Å². The predicted octanol–water partition coefficient (Wildman–Crippen LogP) is 3.56. The van der Waals surface area contributed by atoms with Gasteiger partial charge in [-0.25, -0.2) is 8.42 Å². The van der Waals surface area contributed by atoms with Crippen LogP contribution in [0, 0.1) is 0 Å². The van der Waals surface area contributed by atoms with Gasteiger partial charge in [-0.15, -0.1) is 0 Å². The Morgan fingerprint density at radius 3 is 2.34 bits per heavy atom. The van der Waals surface area contributed by atoms with Crippen LogP contribution >= 0.6 is 0 Å². The molecule has 0 unspecified atom stereocenters. The summed E-state index contributed by atoms with van der Waals surface area (Å²) in [5.74, 6) is 1.34. The molecule has 2 aromatic carbocycles. The molecule has 0 bridgehead atoms. The molecule has 0 aliphatic carbocycles. The van der Waals surface area contributed by atoms with Gasteiger partial charge in [-0.05, 0) is 61.6 Å². The Morgan fingerprint density at radius 2 is 1.69 bits per heavy atom. The van der Waals surface area contributed by atoms with Crippen LogP contribution in [0.25, 0.3) is 0 Å². The molecule has 0 spiro atoms. The van der Waals surface area contributed by atoms with E-state index >= 15 is 0 Å². The molecule has 7 nitrogen and oxygen atoms in total. The summed E-state index contributed by atoms with van der Waals surface area (Å²) in [6.07, 6.45) is 1.17. The van der Waals surface area contributed by atoms with Crippen LogP contribution in [-0.4, -0.2) is 51.0 Å². The standard InChI is InChI=1S/C24H32N2O5S/c1-18(2)22-8-4-5-9-23(22)31-19(3)24(27)25-14-17-30-20-10-12-21(13-11-20)32(28,29)26-15-6-7-16-26/h4-5,8-13,18-19H,6-7,14-17H2,1-3H3,(H,25,27)/t19-/m1/s1. The smallest absolute Gasteiger partial charge is 0.260 e. The maximum atomic E-state index is 12.6. The number of ether oxygens (including phenoxy) is 2. The van der Waals surface area contributed by atoms with E-state index in [1.165, 1.54) is 4.31 Å². The fraction of sp³-hybridized carbons (Fsp3) is 0.458. The molecule has 1 saturated heterocycles. The van der Waals surface area contributed by atoms with E-state index in [1.54, 1.807) is 31.2 Å². The number of nitrogens with zero attached hydrogens (tertiary/aromatic N) is 1. The molecule has 174 valence electrons. The van der Waals surface area contributed by atoms with Crippen LogP contribution in [0.2, 0.25) is 0 Å². The molecule has 1 N–H and O–H groups in total. The highest BCUT2D eigenvalue weighted by Gasteiger charge is 2.27. The first-order valence-corrected chi connectivity index (χ1v) is 12.5. The highest BCUT2D eigenvalue weighted by Crippen LogP contribution is 2.27. The van der Waals surface area contributed by atoms with Gasteiger partial charge in [-0.2, -0.15) is 4.31 Å². The highest BCUT2D eigenvalue weighted by molar-refractivity contribution is 7.89. The zero-order valence-corrected chi connectivity index (χ0v) is 19.7. The second kappa shape index (κ2) is 10.8. The number of benzene rings is 2. The Hall–Kier alpha value is -2.58. The summed E-state index contributed by atoms with van der Waals surface area (Å²) in [5.41, 5.74) is 1.06. The third-order valence-corrected chi connectivity index (χ3v) is 7.32. The van der Waals surface area contributed by atoms with Gasteiger partial charge in [-0.1, -0.05) is 32.0 Å². The quantitative estimate of drug-likeness (QED) is 0.548. The van der Waals surface area contributed by atoms with Gasteiger partial charge in [-0.3, -0.25) is 4.79 Å². The fourth-order valence-electron chi connectivity index (χ4n) is 3.58. The summed E-state index contributed by atoms with van der Waals surface area (Å²) in [6.45, 7) is 7.60. The molecule has 1 aliphatic rings. The molecule has 1 aliphatic heterocycles. The second-order valence-corrected chi connectivity index (χ2v) is 10.1. The van der Waals surface area contributed by atoms with Crippen LogP contribution in [0.5, 0.6) is 11.5 Å². The first-order valence-electron chi connectivity index (χ1n) is 11.1. The monoisotopic (exact) mass is 460 g/mol. The minimum Gasteiger partial charge on any atom is -0.492 e. The molecule has 3 rings (SSSR count). The highest BCUT2D eigenvalue weighted by atomic mass is 32.2. The summed E-state index contributed by atoms with van der Waals surface area (Å²) < 4.78 is 38.1. The Balaban J connectivity index is 1.44. The third-order valence-electron chi connectivity index (χ3n) is 5.41. The van der Waals surface area contributed by atoms with Crippen LogP contribution in [0.3, 0.4) is 0 Å². The summed E-state index contributed by atoms with van der Waals surface area (Å²) in [4.78, 5) is 12.6. The number of carbonyl (C=O) groups is 1. The lowest BCUT2D eigenvalue weighted by Gasteiger charge is -2.18. The van der Waals surface area contributed by atoms with E-state index in [0.29, 0.717) is 37.1 Å². The van der Waals surface area contributed by atoms with E-state index in [2.05, 4.69) is 19.2 Å². The van der Waals surface area contributed by atoms with Crippen molar-refractivity contribution in [1.29, 1.82) is 0 Å². The average Bonchev–Trinajstić information content (AvgIpc) is 3.33. The molecule has 0 aromatic heterocycles. The van der Waals surface area contributed by atoms with Gasteiger partial charge in [0, 0.05) is 13.1 Å². The normalized spacial score (nSPS) is 15.5. The van der Waals surface area contributed by atoms with Gasteiger partial charge in [0.05, 0.1) is 11.4 Å². The molecule has 1 heterocycles. The van der Waals surface area contributed by atoms with E-state index in [1.807, 2.05) is 24.3 Å². The maximum absolute atomic E-state index is 12.6. The van der Waals surface area contributed by atoms with Crippen molar-refractivity contribution in [2.75, 3.05) is 26.2 Å². The van der Waals surface area contributed by atoms with Crippen molar-refractivity contribution in [3.63, 3.8) is 0 Å². The number of rotatable bonds is 10. The van der Waals surface area contributed by atoms with Crippen LogP contribution in [0.1, 0.15) is 45.1 Å². The van der Waals surface area contributed by atoms with E-state index in [9.17, 15) is 13.2 Å².